The molecule has 0 bridgehead atoms. The first kappa shape index (κ1) is 24.9. The van der Waals surface area contributed by atoms with E-state index in [9.17, 15) is 4.79 Å². The van der Waals surface area contributed by atoms with Gasteiger partial charge in [-0.05, 0) is 30.2 Å². The lowest BCUT2D eigenvalue weighted by molar-refractivity contribution is 0.112. The number of rotatable bonds is 7. The van der Waals surface area contributed by atoms with Crippen LogP contribution in [0, 0.1) is 0 Å². The lowest BCUT2D eigenvalue weighted by Crippen LogP contribution is -1.99. The van der Waals surface area contributed by atoms with E-state index in [1.165, 1.54) is 11.3 Å². The largest absolute Gasteiger partial charge is 0.487 e. The number of hydrogen-bond donors (Lipinski definition) is 1. The van der Waals surface area contributed by atoms with Crippen LogP contribution in [0.5, 0.6) is 5.75 Å². The molecule has 0 spiro atoms. The number of nitrogens with two attached hydrogens (primary N) is 1. The highest BCUT2D eigenvalue weighted by Gasteiger charge is 2.17. The van der Waals surface area contributed by atoms with Crippen molar-refractivity contribution in [2.24, 2.45) is 0 Å². The molecule has 4 rings (SSSR count). The maximum atomic E-state index is 11.2. The van der Waals surface area contributed by atoms with Crippen LogP contribution < -0.4 is 10.5 Å². The van der Waals surface area contributed by atoms with Gasteiger partial charge in [-0.2, -0.15) is 0 Å². The Bertz CT molecular complexity index is 1230. The van der Waals surface area contributed by atoms with Gasteiger partial charge in [-0.15, -0.1) is 11.3 Å². The number of nitrogen functional groups attached to an aromatic ring is 1. The summed E-state index contributed by atoms with van der Waals surface area (Å²) in [6.07, 6.45) is 1.89. The number of hydrogen-bond acceptors (Lipinski definition) is 7. The molecule has 0 saturated heterocycles. The number of carbonyl (C=O) groups excluding carboxylic acids is 1. The van der Waals surface area contributed by atoms with Gasteiger partial charge in [0.2, 0.25) is 5.95 Å². The maximum absolute atomic E-state index is 11.2. The Labute approximate surface area is 206 Å². The first-order chi connectivity index (χ1) is 16.0. The number of benzene rings is 2. The number of halogens is 2. The van der Waals surface area contributed by atoms with E-state index in [0.29, 0.717) is 48.8 Å². The average Bonchev–Trinajstić information content (AvgIpc) is 3.23. The number of fused-ring (bicyclic) bond motifs is 1. The number of anilines is 1. The van der Waals surface area contributed by atoms with Crippen molar-refractivity contribution in [3.63, 3.8) is 0 Å². The maximum Gasteiger partial charge on any atom is 0.221 e. The average molecular weight is 504 g/mol. The highest BCUT2D eigenvalue weighted by molar-refractivity contribution is 7.20. The molecule has 4 aromatic rings. The van der Waals surface area contributed by atoms with Crippen LogP contribution in [-0.4, -0.2) is 30.0 Å². The number of thiophene rings is 1. The van der Waals surface area contributed by atoms with Crippen LogP contribution in [0.2, 0.25) is 10.0 Å². The fourth-order valence-corrected chi connectivity index (χ4v) is 4.36. The molecule has 0 amide bonds. The number of carbonyl (C=O) groups is 1. The van der Waals surface area contributed by atoms with E-state index in [0.717, 1.165) is 24.9 Å². The summed E-state index contributed by atoms with van der Waals surface area (Å²) < 4.78 is 10.6. The SMILES string of the molecule is CCCOC.Nc1nc(-c2cc(OCc3ccccc3)c(Cl)cc2Cl)c2cc(C=O)sc2n1. The molecular weight excluding hydrogens is 481 g/mol. The van der Waals surface area contributed by atoms with Crippen LogP contribution in [-0.2, 0) is 11.3 Å². The number of ether oxygens (including phenoxy) is 2. The highest BCUT2D eigenvalue weighted by Crippen LogP contribution is 2.40. The summed E-state index contributed by atoms with van der Waals surface area (Å²) >= 11 is 14.0. The molecular formula is C24H23Cl2N3O3S. The van der Waals surface area contributed by atoms with Crippen molar-refractivity contribution < 1.29 is 14.3 Å². The lowest BCUT2D eigenvalue weighted by Gasteiger charge is -2.12. The van der Waals surface area contributed by atoms with Crippen molar-refractivity contribution >= 4 is 57.0 Å². The topological polar surface area (TPSA) is 87.3 Å². The molecule has 0 saturated carbocycles. The molecule has 0 aliphatic rings. The van der Waals surface area contributed by atoms with Crippen molar-refractivity contribution in [1.82, 2.24) is 9.97 Å². The van der Waals surface area contributed by atoms with E-state index in [1.54, 1.807) is 25.3 Å². The fraction of sp³-hybridized carbons (Fsp3) is 0.208. The summed E-state index contributed by atoms with van der Waals surface area (Å²) in [5.74, 6) is 0.570. The first-order valence-electron chi connectivity index (χ1n) is 10.1. The standard InChI is InChI=1S/C20H13Cl2N3O2S.C4H10O/c21-15-8-16(22)17(27-10-11-4-2-1-3-5-11)7-13(15)18-14-6-12(9-26)28-19(14)25-20(23)24-18;1-3-4-5-2/h1-9H,10H2,(H2,23,24,25);3-4H2,1-2H3. The van der Waals surface area contributed by atoms with Crippen molar-refractivity contribution in [3.8, 4) is 17.0 Å². The van der Waals surface area contributed by atoms with E-state index in [-0.39, 0.29) is 5.95 Å². The van der Waals surface area contributed by atoms with Gasteiger partial charge >= 0.3 is 0 Å². The van der Waals surface area contributed by atoms with Crippen LogP contribution in [0.4, 0.5) is 5.95 Å². The molecule has 2 heterocycles. The summed E-state index contributed by atoms with van der Waals surface area (Å²) in [5, 5.41) is 1.48. The molecule has 0 radical (unpaired) electrons. The zero-order valence-electron chi connectivity index (χ0n) is 18.2. The molecule has 9 heteroatoms. The Hall–Kier alpha value is -2.71. The fourth-order valence-electron chi connectivity index (χ4n) is 2.98. The van der Waals surface area contributed by atoms with Gasteiger partial charge in [-0.1, -0.05) is 60.5 Å². The van der Waals surface area contributed by atoms with Gasteiger partial charge in [0.1, 0.15) is 17.2 Å². The van der Waals surface area contributed by atoms with Crippen LogP contribution in [0.1, 0.15) is 28.6 Å². The predicted octanol–water partition coefficient (Wildman–Crippen LogP) is 6.68. The van der Waals surface area contributed by atoms with E-state index < -0.39 is 0 Å². The minimum absolute atomic E-state index is 0.0968. The van der Waals surface area contributed by atoms with Gasteiger partial charge in [-0.3, -0.25) is 4.79 Å². The van der Waals surface area contributed by atoms with Gasteiger partial charge in [0.15, 0.2) is 6.29 Å². The Morgan fingerprint density at radius 2 is 1.85 bits per heavy atom. The van der Waals surface area contributed by atoms with Crippen LogP contribution in [0.25, 0.3) is 21.5 Å². The summed E-state index contributed by atoms with van der Waals surface area (Å²) in [6.45, 7) is 3.33. The zero-order valence-corrected chi connectivity index (χ0v) is 20.5. The first-order valence-corrected chi connectivity index (χ1v) is 11.7. The van der Waals surface area contributed by atoms with Crippen LogP contribution >= 0.6 is 34.5 Å². The third-order valence-corrected chi connectivity index (χ3v) is 6.03. The van der Waals surface area contributed by atoms with Gasteiger partial charge in [0.25, 0.3) is 0 Å². The third kappa shape index (κ3) is 6.42. The van der Waals surface area contributed by atoms with Crippen molar-refractivity contribution in [2.75, 3.05) is 19.5 Å². The minimum atomic E-state index is 0.0968. The van der Waals surface area contributed by atoms with Crippen molar-refractivity contribution in [2.45, 2.75) is 20.0 Å². The Morgan fingerprint density at radius 1 is 1.09 bits per heavy atom. The molecule has 0 aliphatic heterocycles. The van der Waals surface area contributed by atoms with Gasteiger partial charge in [-0.25, -0.2) is 9.97 Å². The molecule has 6 nitrogen and oxygen atoms in total. The van der Waals surface area contributed by atoms with E-state index in [4.69, 9.17) is 38.4 Å². The smallest absolute Gasteiger partial charge is 0.221 e. The van der Waals surface area contributed by atoms with Crippen molar-refractivity contribution in [3.05, 3.63) is 69.0 Å². The van der Waals surface area contributed by atoms with Gasteiger partial charge < -0.3 is 15.2 Å². The highest BCUT2D eigenvalue weighted by atomic mass is 35.5. The minimum Gasteiger partial charge on any atom is -0.487 e. The Balaban J connectivity index is 0.000000555. The van der Waals surface area contributed by atoms with Gasteiger partial charge in [0, 0.05) is 24.7 Å². The molecule has 2 N–H and O–H groups in total. The summed E-state index contributed by atoms with van der Waals surface area (Å²) in [6, 6.07) is 14.8. The Morgan fingerprint density at radius 3 is 2.48 bits per heavy atom. The number of aromatic nitrogens is 2. The predicted molar refractivity (Wildman–Crippen MR) is 136 cm³/mol. The summed E-state index contributed by atoms with van der Waals surface area (Å²) in [7, 11) is 1.71. The van der Waals surface area contributed by atoms with E-state index in [2.05, 4.69) is 16.9 Å². The summed E-state index contributed by atoms with van der Waals surface area (Å²) in [5.41, 5.74) is 8.00. The van der Waals surface area contributed by atoms with E-state index in [1.807, 2.05) is 30.3 Å². The monoisotopic (exact) mass is 503 g/mol. The number of aldehydes is 1. The second-order valence-electron chi connectivity index (χ2n) is 6.95. The molecule has 33 heavy (non-hydrogen) atoms. The zero-order chi connectivity index (χ0) is 23.8. The second kappa shape index (κ2) is 12.0. The van der Waals surface area contributed by atoms with Crippen molar-refractivity contribution in [1.29, 1.82) is 0 Å². The molecule has 172 valence electrons. The number of nitrogens with zero attached hydrogens (tertiary/aromatic N) is 2. The number of methoxy groups -OCH3 is 1. The lowest BCUT2D eigenvalue weighted by atomic mass is 10.1. The second-order valence-corrected chi connectivity index (χ2v) is 8.82. The van der Waals surface area contributed by atoms with Crippen LogP contribution in [0.3, 0.4) is 0 Å². The van der Waals surface area contributed by atoms with Crippen LogP contribution in [0.15, 0.2) is 48.5 Å². The molecule has 2 aromatic carbocycles. The summed E-state index contributed by atoms with van der Waals surface area (Å²) in [4.78, 5) is 20.9. The molecule has 0 unspecified atom stereocenters. The Kier molecular flexibility index (Phi) is 9.03. The van der Waals surface area contributed by atoms with E-state index >= 15 is 0 Å². The normalized spacial score (nSPS) is 10.5. The van der Waals surface area contributed by atoms with Gasteiger partial charge in [0.05, 0.1) is 20.6 Å². The molecule has 0 atom stereocenters. The molecule has 0 aliphatic carbocycles. The molecule has 0 fully saturated rings. The third-order valence-electron chi connectivity index (χ3n) is 4.47. The molecule has 2 aromatic heterocycles. The quantitative estimate of drug-likeness (QED) is 0.283.